The van der Waals surface area contributed by atoms with Gasteiger partial charge in [-0.3, -0.25) is 10.1 Å². The molecule has 20 heavy (non-hydrogen) atoms. The van der Waals surface area contributed by atoms with Crippen LogP contribution in [0.5, 0.6) is 5.75 Å². The lowest BCUT2D eigenvalue weighted by molar-refractivity contribution is -0.385. The predicted molar refractivity (Wildman–Crippen MR) is 74.2 cm³/mol. The second kappa shape index (κ2) is 4.94. The highest BCUT2D eigenvalue weighted by Gasteiger charge is 2.43. The number of benzene rings is 1. The number of anilines is 1. The number of fused-ring (bicyclic) bond motifs is 2. The van der Waals surface area contributed by atoms with Gasteiger partial charge in [0.15, 0.2) is 5.75 Å². The van der Waals surface area contributed by atoms with Gasteiger partial charge < -0.3 is 14.7 Å². The van der Waals surface area contributed by atoms with Gasteiger partial charge in [0.25, 0.3) is 0 Å². The maximum Gasteiger partial charge on any atom is 0.333 e. The van der Waals surface area contributed by atoms with E-state index in [1.54, 1.807) is 18.2 Å². The van der Waals surface area contributed by atoms with E-state index in [-0.39, 0.29) is 34.5 Å². The smallest absolute Gasteiger partial charge is 0.333 e. The number of piperidine rings is 1. The Morgan fingerprint density at radius 3 is 2.55 bits per heavy atom. The molecule has 2 heterocycles. The van der Waals surface area contributed by atoms with Crippen LogP contribution in [0.1, 0.15) is 25.7 Å². The van der Waals surface area contributed by atoms with Crippen LogP contribution >= 0.6 is 0 Å². The first-order valence-corrected chi connectivity index (χ1v) is 6.89. The summed E-state index contributed by atoms with van der Waals surface area (Å²) < 4.78 is 5.13. The van der Waals surface area contributed by atoms with Gasteiger partial charge in [-0.05, 0) is 37.8 Å². The quantitative estimate of drug-likeness (QED) is 0.677. The fraction of sp³-hybridized carbons (Fsp3) is 0.571. The molecule has 0 aromatic heterocycles. The molecule has 2 bridgehead atoms. The first-order chi connectivity index (χ1) is 9.61. The molecule has 6 nitrogen and oxygen atoms in total. The molecule has 0 aliphatic carbocycles. The van der Waals surface area contributed by atoms with Crippen molar-refractivity contribution in [1.82, 2.24) is 0 Å². The third-order valence-electron chi connectivity index (χ3n) is 4.37. The summed E-state index contributed by atoms with van der Waals surface area (Å²) in [7, 11) is 1.45. The molecule has 2 saturated heterocycles. The molecule has 0 spiro atoms. The normalized spacial score (nSPS) is 28.5. The van der Waals surface area contributed by atoms with Crippen molar-refractivity contribution in [3.63, 3.8) is 0 Å². The topological polar surface area (TPSA) is 75.8 Å². The van der Waals surface area contributed by atoms with Gasteiger partial charge in [-0.1, -0.05) is 6.07 Å². The van der Waals surface area contributed by atoms with Gasteiger partial charge in [0, 0.05) is 12.1 Å². The number of hydrogen-bond acceptors (Lipinski definition) is 5. The Morgan fingerprint density at radius 1 is 1.35 bits per heavy atom. The molecule has 2 fully saturated rings. The van der Waals surface area contributed by atoms with E-state index >= 15 is 0 Å². The van der Waals surface area contributed by atoms with Gasteiger partial charge in [-0.15, -0.1) is 0 Å². The van der Waals surface area contributed by atoms with E-state index in [2.05, 4.69) is 4.90 Å². The van der Waals surface area contributed by atoms with E-state index in [1.807, 2.05) is 0 Å². The molecular weight excluding hydrogens is 260 g/mol. The average Bonchev–Trinajstić information content (AvgIpc) is 2.69. The first kappa shape index (κ1) is 13.2. The number of nitro benzene ring substituents is 1. The van der Waals surface area contributed by atoms with Crippen molar-refractivity contribution in [2.75, 3.05) is 12.0 Å². The van der Waals surface area contributed by atoms with E-state index in [1.165, 1.54) is 7.11 Å². The molecule has 0 saturated carbocycles. The Balaban J connectivity index is 2.05. The summed E-state index contributed by atoms with van der Waals surface area (Å²) in [5.74, 6) is 0.290. The van der Waals surface area contributed by atoms with Gasteiger partial charge in [-0.25, -0.2) is 0 Å². The van der Waals surface area contributed by atoms with Gasteiger partial charge in [-0.2, -0.15) is 0 Å². The Labute approximate surface area is 117 Å². The van der Waals surface area contributed by atoms with Crippen LogP contribution in [0.4, 0.5) is 11.4 Å². The second-order valence-electron chi connectivity index (χ2n) is 5.50. The lowest BCUT2D eigenvalue weighted by Gasteiger charge is -2.38. The molecule has 0 amide bonds. The number of methoxy groups -OCH3 is 1. The molecular formula is C14H18N2O4. The highest BCUT2D eigenvalue weighted by Crippen LogP contribution is 2.45. The molecule has 3 rings (SSSR count). The van der Waals surface area contributed by atoms with Crippen molar-refractivity contribution in [3.05, 3.63) is 28.3 Å². The molecule has 1 aromatic carbocycles. The van der Waals surface area contributed by atoms with E-state index in [0.717, 1.165) is 12.8 Å². The van der Waals surface area contributed by atoms with Crippen molar-refractivity contribution < 1.29 is 14.8 Å². The Morgan fingerprint density at radius 2 is 2.00 bits per heavy atom. The van der Waals surface area contributed by atoms with E-state index in [9.17, 15) is 15.2 Å². The number of aliphatic hydroxyl groups excluding tert-OH is 1. The van der Waals surface area contributed by atoms with Gasteiger partial charge in [0.1, 0.15) is 5.69 Å². The zero-order valence-electron chi connectivity index (χ0n) is 11.4. The summed E-state index contributed by atoms with van der Waals surface area (Å²) in [4.78, 5) is 13.1. The SMILES string of the molecule is COc1cccc(N2C3CCC2CC(O)C3)c1[N+](=O)[O-]. The minimum atomic E-state index is -0.376. The fourth-order valence-electron chi connectivity index (χ4n) is 3.61. The molecule has 108 valence electrons. The summed E-state index contributed by atoms with van der Waals surface area (Å²) in [6.45, 7) is 0. The van der Waals surface area contributed by atoms with Crippen LogP contribution in [-0.2, 0) is 0 Å². The van der Waals surface area contributed by atoms with E-state index in [0.29, 0.717) is 18.5 Å². The van der Waals surface area contributed by atoms with Crippen molar-refractivity contribution in [3.8, 4) is 5.75 Å². The third kappa shape index (κ3) is 2.00. The highest BCUT2D eigenvalue weighted by atomic mass is 16.6. The van der Waals surface area contributed by atoms with Crippen LogP contribution in [0, 0.1) is 10.1 Å². The summed E-state index contributed by atoms with van der Waals surface area (Å²) in [5, 5.41) is 21.2. The second-order valence-corrected chi connectivity index (χ2v) is 5.50. The van der Waals surface area contributed by atoms with Gasteiger partial charge in [0.05, 0.1) is 18.1 Å². The number of hydrogen-bond donors (Lipinski definition) is 1. The zero-order valence-corrected chi connectivity index (χ0v) is 11.4. The van der Waals surface area contributed by atoms with Crippen LogP contribution in [0.2, 0.25) is 0 Å². The number of ether oxygens (including phenoxy) is 1. The number of rotatable bonds is 3. The van der Waals surface area contributed by atoms with Crippen molar-refractivity contribution in [2.45, 2.75) is 43.9 Å². The third-order valence-corrected chi connectivity index (χ3v) is 4.37. The lowest BCUT2D eigenvalue weighted by Crippen LogP contribution is -2.45. The van der Waals surface area contributed by atoms with E-state index in [4.69, 9.17) is 4.74 Å². The molecule has 2 aliphatic heterocycles. The van der Waals surface area contributed by atoms with Crippen molar-refractivity contribution >= 4 is 11.4 Å². The van der Waals surface area contributed by atoms with Crippen LogP contribution in [0.15, 0.2) is 18.2 Å². The maximum atomic E-state index is 11.4. The number of nitrogens with zero attached hydrogens (tertiary/aromatic N) is 2. The minimum Gasteiger partial charge on any atom is -0.490 e. The molecule has 2 unspecified atom stereocenters. The first-order valence-electron chi connectivity index (χ1n) is 6.89. The number of nitro groups is 1. The lowest BCUT2D eigenvalue weighted by atomic mass is 9.98. The van der Waals surface area contributed by atoms with Crippen LogP contribution in [-0.4, -0.2) is 35.3 Å². The number of aliphatic hydroxyl groups is 1. The Bertz CT molecular complexity index is 520. The van der Waals surface area contributed by atoms with Crippen molar-refractivity contribution in [1.29, 1.82) is 0 Å². The molecule has 2 aliphatic rings. The predicted octanol–water partition coefficient (Wildman–Crippen LogP) is 2.10. The molecule has 2 atom stereocenters. The van der Waals surface area contributed by atoms with Gasteiger partial charge in [0.2, 0.25) is 0 Å². The molecule has 0 radical (unpaired) electrons. The Kier molecular flexibility index (Phi) is 3.25. The van der Waals surface area contributed by atoms with E-state index < -0.39 is 0 Å². The molecule has 1 aromatic rings. The summed E-state index contributed by atoms with van der Waals surface area (Å²) in [5.41, 5.74) is 0.650. The molecule has 1 N–H and O–H groups in total. The monoisotopic (exact) mass is 278 g/mol. The maximum absolute atomic E-state index is 11.4. The fourth-order valence-corrected chi connectivity index (χ4v) is 3.61. The molecule has 6 heteroatoms. The largest absolute Gasteiger partial charge is 0.490 e. The summed E-state index contributed by atoms with van der Waals surface area (Å²) in [6, 6.07) is 5.56. The Hall–Kier alpha value is -1.82. The highest BCUT2D eigenvalue weighted by molar-refractivity contribution is 5.71. The van der Waals surface area contributed by atoms with Gasteiger partial charge >= 0.3 is 5.69 Å². The summed E-state index contributed by atoms with van der Waals surface area (Å²) >= 11 is 0. The standard InChI is InChI=1S/C14H18N2O4/c1-20-13-4-2-3-12(14(13)16(18)19)15-9-5-6-10(15)8-11(17)7-9/h2-4,9-11,17H,5-8H2,1H3. The summed E-state index contributed by atoms with van der Waals surface area (Å²) in [6.07, 6.45) is 3.05. The zero-order chi connectivity index (χ0) is 14.3. The number of para-hydroxylation sites is 1. The van der Waals surface area contributed by atoms with Crippen LogP contribution in [0.25, 0.3) is 0 Å². The van der Waals surface area contributed by atoms with Crippen molar-refractivity contribution in [2.24, 2.45) is 0 Å². The van der Waals surface area contributed by atoms with Crippen LogP contribution in [0.3, 0.4) is 0 Å². The average molecular weight is 278 g/mol. The van der Waals surface area contributed by atoms with Crippen LogP contribution < -0.4 is 9.64 Å². The minimum absolute atomic E-state index is 0.0308.